The number of epoxide rings is 1. The van der Waals surface area contributed by atoms with Gasteiger partial charge in [-0.1, -0.05) is 82.7 Å². The number of nitrogens with zero attached hydrogens (tertiary/aromatic N) is 1. The Morgan fingerprint density at radius 3 is 2.27 bits per heavy atom. The lowest BCUT2D eigenvalue weighted by atomic mass is 9.83. The molecule has 4 bridgehead atoms. The number of carbonyl (C=O) groups excluding carboxylic acids is 7. The van der Waals surface area contributed by atoms with Crippen molar-refractivity contribution >= 4 is 53.3 Å². The number of rotatable bonds is 18. The maximum Gasteiger partial charge on any atom is 0.409 e. The molecule has 0 unspecified atom stereocenters. The van der Waals surface area contributed by atoms with Gasteiger partial charge in [-0.05, 0) is 113 Å². The molecule has 452 valence electrons. The molecule has 0 radical (unpaired) electrons. The predicted octanol–water partition coefficient (Wildman–Crippen LogP) is 7.34. The number of allylic oxidation sites excluding steroid dienone is 3. The lowest BCUT2D eigenvalue weighted by Gasteiger charge is -2.42. The minimum absolute atomic E-state index is 0.0483. The molecule has 8 N–H and O–H groups in total. The monoisotopic (exact) mass is 1150 g/mol. The van der Waals surface area contributed by atoms with Gasteiger partial charge in [-0.2, -0.15) is 0 Å². The Morgan fingerprint density at radius 1 is 0.964 bits per heavy atom. The van der Waals surface area contributed by atoms with E-state index in [1.54, 1.807) is 118 Å². The van der Waals surface area contributed by atoms with Crippen LogP contribution in [-0.2, 0) is 55.9 Å². The molecule has 3 aromatic carbocycles. The van der Waals surface area contributed by atoms with E-state index in [1.165, 1.54) is 12.0 Å². The van der Waals surface area contributed by atoms with Gasteiger partial charge < -0.3 is 70.2 Å². The van der Waals surface area contributed by atoms with Gasteiger partial charge in [0.05, 0.1) is 31.2 Å². The van der Waals surface area contributed by atoms with Crippen LogP contribution in [0.5, 0.6) is 11.5 Å². The minimum atomic E-state index is -1.84. The Balaban J connectivity index is 1.22. The van der Waals surface area contributed by atoms with Gasteiger partial charge in [0.15, 0.2) is 5.72 Å². The van der Waals surface area contributed by atoms with Gasteiger partial charge in [-0.3, -0.25) is 24.5 Å². The fraction of sp³-hybridized carbons (Fsp3) is 0.525. The molecule has 3 aromatic rings. The first-order chi connectivity index (χ1) is 39.0. The van der Waals surface area contributed by atoms with Crippen molar-refractivity contribution in [3.63, 3.8) is 0 Å². The van der Waals surface area contributed by atoms with Crippen LogP contribution < -0.4 is 46.7 Å². The van der Waals surface area contributed by atoms with Crippen LogP contribution in [0.3, 0.4) is 0 Å². The Morgan fingerprint density at radius 2 is 1.65 bits per heavy atom. The zero-order chi connectivity index (χ0) is 61.1. The first kappa shape index (κ1) is 64.5. The maximum atomic E-state index is 14.8. The van der Waals surface area contributed by atoms with E-state index in [4.69, 9.17) is 38.9 Å². The number of aliphatic hydroxyl groups is 1. The molecular formula is C61H83N7O15. The molecule has 6 rings (SSSR count). The van der Waals surface area contributed by atoms with Crippen LogP contribution in [0.1, 0.15) is 106 Å². The van der Waals surface area contributed by atoms with Crippen molar-refractivity contribution in [2.24, 2.45) is 23.5 Å². The Kier molecular flexibility index (Phi) is 21.4. The molecule has 22 nitrogen and oxygen atoms in total. The molecule has 3 heterocycles. The number of benzene rings is 3. The van der Waals surface area contributed by atoms with Gasteiger partial charge in [0.2, 0.25) is 17.7 Å². The number of hydrogen-bond acceptors (Lipinski definition) is 15. The van der Waals surface area contributed by atoms with Crippen molar-refractivity contribution in [2.75, 3.05) is 38.0 Å². The van der Waals surface area contributed by atoms with Crippen LogP contribution in [0, 0.1) is 17.8 Å². The second kappa shape index (κ2) is 27.6. The van der Waals surface area contributed by atoms with Crippen LogP contribution in [-0.4, -0.2) is 128 Å². The maximum absolute atomic E-state index is 14.8. The summed E-state index contributed by atoms with van der Waals surface area (Å²) in [5, 5.41) is 25.1. The molecular weight excluding hydrogens is 1070 g/mol. The summed E-state index contributed by atoms with van der Waals surface area (Å²) in [5.74, 6) is -2.39. The van der Waals surface area contributed by atoms with E-state index < -0.39 is 101 Å². The van der Waals surface area contributed by atoms with Crippen LogP contribution in [0.15, 0.2) is 84.5 Å². The molecule has 0 aliphatic carbocycles. The molecule has 9 atom stereocenters. The summed E-state index contributed by atoms with van der Waals surface area (Å²) in [6.07, 6.45) is 0.746. The Labute approximate surface area is 485 Å². The summed E-state index contributed by atoms with van der Waals surface area (Å²) in [5.41, 5.74) is 6.20. The zero-order valence-electron chi connectivity index (χ0n) is 49.8. The number of fused-ring (bicyclic) bond motifs is 5. The van der Waals surface area contributed by atoms with E-state index in [1.807, 2.05) is 44.2 Å². The third kappa shape index (κ3) is 17.2. The number of carbonyl (C=O) groups is 7. The van der Waals surface area contributed by atoms with Crippen molar-refractivity contribution in [3.8, 4) is 22.6 Å². The minimum Gasteiger partial charge on any atom is -0.496 e. The average molecular weight is 1150 g/mol. The van der Waals surface area contributed by atoms with Gasteiger partial charge in [-0.25, -0.2) is 14.4 Å². The fourth-order valence-electron chi connectivity index (χ4n) is 10.0. The number of nitrogens with two attached hydrogens (primary N) is 1. The third-order valence-corrected chi connectivity index (χ3v) is 14.7. The second-order valence-corrected chi connectivity index (χ2v) is 23.3. The zero-order valence-corrected chi connectivity index (χ0v) is 49.8. The van der Waals surface area contributed by atoms with Crippen LogP contribution >= 0.6 is 0 Å². The Hall–Kier alpha value is -7.69. The number of nitrogens with one attached hydrogen (secondary N) is 5. The molecule has 3 aliphatic heterocycles. The lowest BCUT2D eigenvalue weighted by Crippen LogP contribution is -2.63. The van der Waals surface area contributed by atoms with E-state index in [2.05, 4.69) is 26.6 Å². The number of esters is 1. The van der Waals surface area contributed by atoms with E-state index >= 15 is 0 Å². The van der Waals surface area contributed by atoms with Gasteiger partial charge in [0.1, 0.15) is 59.7 Å². The highest BCUT2D eigenvalue weighted by Gasteiger charge is 2.64. The van der Waals surface area contributed by atoms with Gasteiger partial charge >= 0.3 is 24.2 Å². The molecule has 0 aromatic heterocycles. The second-order valence-electron chi connectivity index (χ2n) is 23.3. The van der Waals surface area contributed by atoms with Gasteiger partial charge in [0.25, 0.3) is 0 Å². The van der Waals surface area contributed by atoms with Crippen molar-refractivity contribution in [1.82, 2.24) is 21.3 Å². The van der Waals surface area contributed by atoms with E-state index in [9.17, 15) is 38.7 Å². The van der Waals surface area contributed by atoms with Crippen molar-refractivity contribution in [3.05, 3.63) is 95.6 Å². The highest BCUT2D eigenvalue weighted by atomic mass is 16.7. The standard InChI is InChI=1S/C61H83N7O15/c1-34(2)51(66-57(74)83-59(7,8)9)54(71)65-43(17-15-27-63-56(62)73)53(70)64-41-23-19-38(20-24-41)33-79-42-25-21-40(22-26-42)50-44-29-39(30-45(50)77-12)28-36(5)16-14-18-47(78-13)61(76)32-46(80-58(75)67-61)37(6)52-60(10,82-52)48(31-49(69)68(44)11)81-55(72)35(3)4/h14,16,18-26,29-30,34-35,37,43,46-48,51-52,76H,15,17,27-28,31-33H2,1-13H3,(H,64,70)(H,65,71)(H,66,74)(H,67,75)(H3,62,63,73)/b18-14+,36-16+/t37-,43+,46+,47-,48+,51+,52+,60+,61+/m1/s1. The van der Waals surface area contributed by atoms with E-state index in [0.29, 0.717) is 46.8 Å². The third-order valence-electron chi connectivity index (χ3n) is 14.7. The summed E-state index contributed by atoms with van der Waals surface area (Å²) in [6, 6.07) is 15.3. The molecule has 2 fully saturated rings. The number of alkyl carbamates (subject to hydrolysis) is 2. The number of hydrogen-bond donors (Lipinski definition) is 7. The lowest BCUT2D eigenvalue weighted by molar-refractivity contribution is -0.157. The summed E-state index contributed by atoms with van der Waals surface area (Å²) >= 11 is 0. The number of ether oxygens (including phenoxy) is 7. The largest absolute Gasteiger partial charge is 0.496 e. The molecule has 3 aliphatic rings. The first-order valence-corrected chi connectivity index (χ1v) is 27.9. The van der Waals surface area contributed by atoms with Crippen molar-refractivity contribution < 1.29 is 71.8 Å². The molecule has 7 amide bonds. The molecule has 22 heteroatoms. The van der Waals surface area contributed by atoms with Crippen LogP contribution in [0.2, 0.25) is 0 Å². The number of anilines is 2. The molecule has 0 spiro atoms. The summed E-state index contributed by atoms with van der Waals surface area (Å²) in [4.78, 5) is 93.9. The summed E-state index contributed by atoms with van der Waals surface area (Å²) < 4.78 is 41.5. The highest BCUT2D eigenvalue weighted by molar-refractivity contribution is 6.00. The van der Waals surface area contributed by atoms with Crippen LogP contribution in [0.25, 0.3) is 11.1 Å². The topological polar surface area (TPSA) is 297 Å². The van der Waals surface area contributed by atoms with Crippen LogP contribution in [0.4, 0.5) is 25.8 Å². The Bertz CT molecular complexity index is 2890. The highest BCUT2D eigenvalue weighted by Crippen LogP contribution is 2.49. The summed E-state index contributed by atoms with van der Waals surface area (Å²) in [7, 11) is 4.65. The smallest absolute Gasteiger partial charge is 0.409 e. The number of primary amides is 1. The fourth-order valence-corrected chi connectivity index (χ4v) is 10.0. The predicted molar refractivity (Wildman–Crippen MR) is 310 cm³/mol. The quantitative estimate of drug-likeness (QED) is 0.0284. The van der Waals surface area contributed by atoms with Gasteiger partial charge in [-0.15, -0.1) is 0 Å². The average Bonchev–Trinajstić information content (AvgIpc) is 2.35. The normalized spacial score (nSPS) is 24.5. The van der Waals surface area contributed by atoms with Crippen molar-refractivity contribution in [2.45, 2.75) is 161 Å². The molecule has 2 saturated heterocycles. The first-order valence-electron chi connectivity index (χ1n) is 27.9. The molecule has 83 heavy (non-hydrogen) atoms. The van der Waals surface area contributed by atoms with Crippen molar-refractivity contribution in [1.29, 1.82) is 0 Å². The van der Waals surface area contributed by atoms with E-state index in [-0.39, 0.29) is 44.2 Å². The van der Waals surface area contributed by atoms with E-state index in [0.717, 1.165) is 16.7 Å². The SMILES string of the molecule is COc1cc2cc(c1-c1ccc(OCc3ccc(NC(=O)[C@H](CCCNC(N)=O)NC(=O)[C@@H](NC(=O)OC(C)(C)C)C(C)C)cc3)cc1)N(C)C(=O)C[C@H](OC(=O)C(C)C)[C@]1(C)O[C@H]1[C@H](C)[C@@H]1C[C@@](O)(NC(=O)O1)[C@H](OC)/C=C/C=C(\C)C2. The molecule has 0 saturated carbocycles. The number of methoxy groups -OCH3 is 2. The van der Waals surface area contributed by atoms with Gasteiger partial charge in [0, 0.05) is 44.3 Å². The summed E-state index contributed by atoms with van der Waals surface area (Å²) in [6.45, 7) is 17.9. The number of amides is 7. The number of urea groups is 1.